The van der Waals surface area contributed by atoms with E-state index in [4.69, 9.17) is 0 Å². The quantitative estimate of drug-likeness (QED) is 0.517. The van der Waals surface area contributed by atoms with Crippen LogP contribution in [0.15, 0.2) is 53.5 Å². The van der Waals surface area contributed by atoms with Crippen molar-refractivity contribution in [1.82, 2.24) is 9.55 Å². The van der Waals surface area contributed by atoms with Gasteiger partial charge in [0.25, 0.3) is 5.56 Å². The third-order valence-electron chi connectivity index (χ3n) is 5.23. The minimum Gasteiger partial charge on any atom is -0.477 e. The maximum atomic E-state index is 14.7. The average molecular weight is 408 g/mol. The van der Waals surface area contributed by atoms with Crippen molar-refractivity contribution in [2.45, 2.75) is 20.4 Å². The van der Waals surface area contributed by atoms with Crippen molar-refractivity contribution < 1.29 is 18.7 Å². The van der Waals surface area contributed by atoms with E-state index in [1.54, 1.807) is 38.1 Å². The van der Waals surface area contributed by atoms with Crippen molar-refractivity contribution in [1.29, 1.82) is 0 Å². The molecule has 2 N–H and O–H groups in total. The zero-order valence-corrected chi connectivity index (χ0v) is 16.3. The molecule has 0 saturated carbocycles. The summed E-state index contributed by atoms with van der Waals surface area (Å²) in [6, 6.07) is 10.7. The lowest BCUT2D eigenvalue weighted by Crippen LogP contribution is -2.14. The summed E-state index contributed by atoms with van der Waals surface area (Å²) in [7, 11) is 0. The van der Waals surface area contributed by atoms with E-state index in [1.165, 1.54) is 29.0 Å². The Balaban J connectivity index is 2.12. The lowest BCUT2D eigenvalue weighted by atomic mass is 10.0. The summed E-state index contributed by atoms with van der Waals surface area (Å²) in [5.41, 5.74) is 0.924. The van der Waals surface area contributed by atoms with Crippen LogP contribution in [0.5, 0.6) is 0 Å². The number of halogens is 2. The fraction of sp³-hybridized carbons (Fsp3) is 0.130. The van der Waals surface area contributed by atoms with E-state index in [2.05, 4.69) is 4.98 Å². The Morgan fingerprint density at radius 2 is 1.87 bits per heavy atom. The van der Waals surface area contributed by atoms with Crippen LogP contribution in [0.25, 0.3) is 22.0 Å². The van der Waals surface area contributed by atoms with Crippen LogP contribution in [0.4, 0.5) is 8.78 Å². The van der Waals surface area contributed by atoms with Gasteiger partial charge >= 0.3 is 5.97 Å². The Bertz CT molecular complexity index is 1370. The number of aryl methyl sites for hydroxylation is 2. The molecule has 152 valence electrons. The van der Waals surface area contributed by atoms with Crippen LogP contribution >= 0.6 is 0 Å². The van der Waals surface area contributed by atoms with Crippen LogP contribution in [0, 0.1) is 25.5 Å². The maximum absolute atomic E-state index is 14.7. The van der Waals surface area contributed by atoms with E-state index in [-0.39, 0.29) is 34.4 Å². The number of nitrogens with one attached hydrogen (secondary N) is 1. The maximum Gasteiger partial charge on any atom is 0.353 e. The summed E-state index contributed by atoms with van der Waals surface area (Å²) < 4.78 is 30.4. The number of rotatable bonds is 4. The van der Waals surface area contributed by atoms with Gasteiger partial charge in [-0.05, 0) is 49.2 Å². The number of benzene rings is 2. The molecule has 0 unspecified atom stereocenters. The molecule has 4 aromatic rings. The number of aromatic carboxylic acids is 1. The van der Waals surface area contributed by atoms with E-state index in [1.807, 2.05) is 0 Å². The van der Waals surface area contributed by atoms with Crippen LogP contribution in [0.2, 0.25) is 0 Å². The van der Waals surface area contributed by atoms with Gasteiger partial charge in [-0.15, -0.1) is 0 Å². The van der Waals surface area contributed by atoms with Crippen LogP contribution in [-0.2, 0) is 6.54 Å². The van der Waals surface area contributed by atoms with E-state index >= 15 is 0 Å². The number of carboxylic acids is 1. The van der Waals surface area contributed by atoms with E-state index < -0.39 is 23.2 Å². The Hall–Kier alpha value is -3.74. The van der Waals surface area contributed by atoms with E-state index in [0.29, 0.717) is 16.5 Å². The molecular weight excluding hydrogens is 390 g/mol. The summed E-state index contributed by atoms with van der Waals surface area (Å²) >= 11 is 0. The molecule has 5 nitrogen and oxygen atoms in total. The highest BCUT2D eigenvalue weighted by Crippen LogP contribution is 2.36. The third kappa shape index (κ3) is 3.08. The number of nitrogens with zero attached hydrogens (tertiary/aromatic N) is 1. The summed E-state index contributed by atoms with van der Waals surface area (Å²) in [6.45, 7) is 3.05. The second-order valence-corrected chi connectivity index (χ2v) is 7.19. The molecule has 0 aliphatic carbocycles. The molecular formula is C23H18F2N2O3. The van der Waals surface area contributed by atoms with Crippen LogP contribution < -0.4 is 5.56 Å². The Morgan fingerprint density at radius 1 is 1.10 bits per heavy atom. The van der Waals surface area contributed by atoms with Gasteiger partial charge in [0.1, 0.15) is 17.3 Å². The van der Waals surface area contributed by atoms with Crippen LogP contribution in [0.3, 0.4) is 0 Å². The molecule has 0 saturated heterocycles. The molecule has 2 aromatic carbocycles. The van der Waals surface area contributed by atoms with Crippen LogP contribution in [0.1, 0.15) is 27.2 Å². The zero-order valence-electron chi connectivity index (χ0n) is 16.3. The SMILES string of the molecule is Cc1cc2c(-c3ccc[nH]c3=O)c(C(=O)O)n(Cc3cccc(C)c3F)c2cc1F. The van der Waals surface area contributed by atoms with Crippen molar-refractivity contribution >= 4 is 16.9 Å². The lowest BCUT2D eigenvalue weighted by molar-refractivity contribution is 0.0687. The first-order valence-electron chi connectivity index (χ1n) is 9.27. The molecule has 7 heteroatoms. The van der Waals surface area contributed by atoms with Crippen molar-refractivity contribution in [3.05, 3.63) is 93.0 Å². The van der Waals surface area contributed by atoms with Gasteiger partial charge in [0.2, 0.25) is 0 Å². The first-order chi connectivity index (χ1) is 14.3. The molecule has 0 spiro atoms. The van der Waals surface area contributed by atoms with Gasteiger partial charge in [-0.3, -0.25) is 4.79 Å². The van der Waals surface area contributed by atoms with Crippen molar-refractivity contribution in [2.24, 2.45) is 0 Å². The predicted molar refractivity (Wildman–Crippen MR) is 110 cm³/mol. The largest absolute Gasteiger partial charge is 0.477 e. The summed E-state index contributed by atoms with van der Waals surface area (Å²) in [5.74, 6) is -2.27. The van der Waals surface area contributed by atoms with Gasteiger partial charge in [0.15, 0.2) is 0 Å². The highest BCUT2D eigenvalue weighted by atomic mass is 19.1. The fourth-order valence-electron chi connectivity index (χ4n) is 3.76. The summed E-state index contributed by atoms with van der Waals surface area (Å²) in [5, 5.41) is 10.4. The molecule has 0 radical (unpaired) electrons. The topological polar surface area (TPSA) is 75.1 Å². The highest BCUT2D eigenvalue weighted by Gasteiger charge is 2.26. The fourth-order valence-corrected chi connectivity index (χ4v) is 3.76. The first-order valence-corrected chi connectivity index (χ1v) is 9.27. The highest BCUT2D eigenvalue weighted by molar-refractivity contribution is 6.08. The number of aromatic amines is 1. The van der Waals surface area contributed by atoms with Gasteiger partial charge < -0.3 is 14.7 Å². The van der Waals surface area contributed by atoms with Gasteiger partial charge in [-0.1, -0.05) is 18.2 Å². The average Bonchev–Trinajstić information content (AvgIpc) is 2.99. The number of H-pyrrole nitrogens is 1. The molecule has 2 aromatic heterocycles. The molecule has 0 bridgehead atoms. The van der Waals surface area contributed by atoms with Crippen LogP contribution in [-0.4, -0.2) is 20.6 Å². The normalized spacial score (nSPS) is 11.2. The number of carbonyl (C=O) groups is 1. The lowest BCUT2D eigenvalue weighted by Gasteiger charge is -2.11. The van der Waals surface area contributed by atoms with Gasteiger partial charge in [0, 0.05) is 28.3 Å². The molecule has 0 atom stereocenters. The number of fused-ring (bicyclic) bond motifs is 1. The molecule has 4 rings (SSSR count). The number of carboxylic acid groups (broad SMARTS) is 1. The second kappa shape index (κ2) is 7.26. The molecule has 0 aliphatic rings. The first kappa shape index (κ1) is 19.6. The van der Waals surface area contributed by atoms with Crippen molar-refractivity contribution in [3.63, 3.8) is 0 Å². The number of hydrogen-bond acceptors (Lipinski definition) is 2. The summed E-state index contributed by atoms with van der Waals surface area (Å²) in [4.78, 5) is 27.3. The monoisotopic (exact) mass is 408 g/mol. The van der Waals surface area contributed by atoms with Crippen molar-refractivity contribution in [3.8, 4) is 11.1 Å². The Kier molecular flexibility index (Phi) is 4.73. The molecule has 0 amide bonds. The number of pyridine rings is 1. The molecule has 0 aliphatic heterocycles. The Labute approximate surface area is 170 Å². The van der Waals surface area contributed by atoms with E-state index in [9.17, 15) is 23.5 Å². The van der Waals surface area contributed by atoms with Gasteiger partial charge in [0.05, 0.1) is 12.1 Å². The molecule has 0 fully saturated rings. The molecule has 2 heterocycles. The van der Waals surface area contributed by atoms with Gasteiger partial charge in [-0.25, -0.2) is 13.6 Å². The Morgan fingerprint density at radius 3 is 2.57 bits per heavy atom. The van der Waals surface area contributed by atoms with Gasteiger partial charge in [-0.2, -0.15) is 0 Å². The second-order valence-electron chi connectivity index (χ2n) is 7.19. The zero-order chi connectivity index (χ0) is 21.6. The third-order valence-corrected chi connectivity index (χ3v) is 5.23. The number of hydrogen-bond donors (Lipinski definition) is 2. The predicted octanol–water partition coefficient (Wildman–Crippen LogP) is 4.64. The standard InChI is InChI=1S/C23H18F2N2O3/c1-12-5-3-6-14(20(12)25)11-27-18-10-17(24)13(2)9-16(18)19(21(27)23(29)30)15-7-4-8-26-22(15)28/h3-10H,11H2,1-2H3,(H,26,28)(H,29,30). The van der Waals surface area contributed by atoms with Crippen molar-refractivity contribution in [2.75, 3.05) is 0 Å². The molecule has 30 heavy (non-hydrogen) atoms. The minimum absolute atomic E-state index is 0.126. The minimum atomic E-state index is -1.30. The van der Waals surface area contributed by atoms with E-state index in [0.717, 1.165) is 0 Å². The number of aromatic nitrogens is 2. The summed E-state index contributed by atoms with van der Waals surface area (Å²) in [6.07, 6.45) is 1.44. The smallest absolute Gasteiger partial charge is 0.353 e.